The van der Waals surface area contributed by atoms with Crippen molar-refractivity contribution in [2.24, 2.45) is 0 Å². The molecular formula is C7H12O3. The van der Waals surface area contributed by atoms with Gasteiger partial charge in [0.1, 0.15) is 0 Å². The molecule has 0 spiro atoms. The summed E-state index contributed by atoms with van der Waals surface area (Å²) in [6, 6.07) is 0. The fourth-order valence-corrected chi connectivity index (χ4v) is 0.571. The third kappa shape index (κ3) is 2.75. The lowest BCUT2D eigenvalue weighted by molar-refractivity contribution is -0.151. The Morgan fingerprint density at radius 3 is 2.20 bits per heavy atom. The molecule has 0 atom stereocenters. The Bertz CT molecular complexity index is 125. The number of hydrogen-bond donors (Lipinski definition) is 0. The summed E-state index contributed by atoms with van der Waals surface area (Å²) >= 11 is 0. The molecule has 58 valence electrons. The first-order chi connectivity index (χ1) is 4.76. The van der Waals surface area contributed by atoms with E-state index in [2.05, 4.69) is 0 Å². The van der Waals surface area contributed by atoms with Gasteiger partial charge in [0.2, 0.25) is 12.1 Å². The molecule has 3 heteroatoms. The number of ketones is 1. The van der Waals surface area contributed by atoms with Crippen molar-refractivity contribution >= 4 is 5.78 Å². The Labute approximate surface area is 60.6 Å². The number of hydrogen-bond acceptors (Lipinski definition) is 3. The van der Waals surface area contributed by atoms with Crippen molar-refractivity contribution in [3.8, 4) is 0 Å². The van der Waals surface area contributed by atoms with Gasteiger partial charge in [0.05, 0.1) is 0 Å². The van der Waals surface area contributed by atoms with Crippen molar-refractivity contribution in [1.82, 2.24) is 0 Å². The van der Waals surface area contributed by atoms with Crippen LogP contribution in [0.1, 0.15) is 6.92 Å². The first-order valence-electron chi connectivity index (χ1n) is 2.98. The van der Waals surface area contributed by atoms with Gasteiger partial charge in [-0.15, -0.1) is 0 Å². The van der Waals surface area contributed by atoms with Gasteiger partial charge in [0.25, 0.3) is 0 Å². The third-order valence-corrected chi connectivity index (χ3v) is 0.991. The molecule has 3 nitrogen and oxygen atoms in total. The summed E-state index contributed by atoms with van der Waals surface area (Å²) in [5.74, 6) is -0.174. The largest absolute Gasteiger partial charge is 0.349 e. The molecule has 0 bridgehead atoms. The van der Waals surface area contributed by atoms with Crippen LogP contribution in [-0.2, 0) is 14.3 Å². The standard InChI is InChI=1S/C7H12O3/c1-4-5-6(8)7(9-2)10-3/h4-5,7H,1-3H3/b5-4+. The molecule has 0 aromatic carbocycles. The monoisotopic (exact) mass is 144 g/mol. The van der Waals surface area contributed by atoms with E-state index in [0.29, 0.717) is 0 Å². The van der Waals surface area contributed by atoms with Gasteiger partial charge in [-0.1, -0.05) is 6.08 Å². The number of ether oxygens (including phenoxy) is 2. The van der Waals surface area contributed by atoms with Crippen LogP contribution >= 0.6 is 0 Å². The van der Waals surface area contributed by atoms with Gasteiger partial charge >= 0.3 is 0 Å². The molecule has 0 saturated heterocycles. The Morgan fingerprint density at radius 2 is 1.90 bits per heavy atom. The van der Waals surface area contributed by atoms with Gasteiger partial charge in [-0.2, -0.15) is 0 Å². The highest BCUT2D eigenvalue weighted by Gasteiger charge is 2.11. The van der Waals surface area contributed by atoms with Gasteiger partial charge in [0.15, 0.2) is 0 Å². The first-order valence-corrected chi connectivity index (χ1v) is 2.98. The van der Waals surface area contributed by atoms with Crippen LogP contribution in [0.15, 0.2) is 12.2 Å². The highest BCUT2D eigenvalue weighted by molar-refractivity contribution is 5.92. The summed E-state index contributed by atoms with van der Waals surface area (Å²) < 4.78 is 9.38. The Hall–Kier alpha value is -0.670. The first kappa shape index (κ1) is 9.33. The average Bonchev–Trinajstić information content (AvgIpc) is 1.91. The Kier molecular flexibility index (Phi) is 4.80. The van der Waals surface area contributed by atoms with E-state index in [1.807, 2.05) is 0 Å². The number of methoxy groups -OCH3 is 2. The van der Waals surface area contributed by atoms with Crippen LogP contribution < -0.4 is 0 Å². The predicted molar refractivity (Wildman–Crippen MR) is 37.6 cm³/mol. The maximum absolute atomic E-state index is 10.9. The molecule has 0 aliphatic carbocycles. The highest BCUT2D eigenvalue weighted by Crippen LogP contribution is 1.93. The van der Waals surface area contributed by atoms with Crippen molar-refractivity contribution in [2.45, 2.75) is 13.2 Å². The number of carbonyl (C=O) groups excluding carboxylic acids is 1. The van der Waals surface area contributed by atoms with Crippen molar-refractivity contribution in [2.75, 3.05) is 14.2 Å². The van der Waals surface area contributed by atoms with Gasteiger partial charge in [-0.25, -0.2) is 0 Å². The molecule has 0 unspecified atom stereocenters. The highest BCUT2D eigenvalue weighted by atomic mass is 16.7. The summed E-state index contributed by atoms with van der Waals surface area (Å²) in [4.78, 5) is 10.9. The van der Waals surface area contributed by atoms with Gasteiger partial charge in [0, 0.05) is 14.2 Å². The van der Waals surface area contributed by atoms with Crippen LogP contribution in [0, 0.1) is 0 Å². The number of rotatable bonds is 4. The Balaban J connectivity index is 3.89. The van der Waals surface area contributed by atoms with Crippen molar-refractivity contribution in [3.63, 3.8) is 0 Å². The second-order valence-electron chi connectivity index (χ2n) is 1.71. The van der Waals surface area contributed by atoms with Crippen LogP contribution in [-0.4, -0.2) is 26.3 Å². The van der Waals surface area contributed by atoms with E-state index < -0.39 is 6.29 Å². The van der Waals surface area contributed by atoms with Gasteiger partial charge < -0.3 is 9.47 Å². The van der Waals surface area contributed by atoms with Crippen LogP contribution in [0.4, 0.5) is 0 Å². The summed E-state index contributed by atoms with van der Waals surface area (Å²) in [5.41, 5.74) is 0. The van der Waals surface area contributed by atoms with Gasteiger partial charge in [-0.3, -0.25) is 4.79 Å². The summed E-state index contributed by atoms with van der Waals surface area (Å²) in [6.07, 6.45) is 2.31. The number of allylic oxidation sites excluding steroid dienone is 1. The lowest BCUT2D eigenvalue weighted by Gasteiger charge is -2.07. The van der Waals surface area contributed by atoms with E-state index in [4.69, 9.17) is 9.47 Å². The summed E-state index contributed by atoms with van der Waals surface area (Å²) in [6.45, 7) is 1.76. The molecule has 0 fully saturated rings. The second kappa shape index (κ2) is 5.14. The quantitative estimate of drug-likeness (QED) is 0.431. The van der Waals surface area contributed by atoms with Crippen molar-refractivity contribution < 1.29 is 14.3 Å². The van der Waals surface area contributed by atoms with E-state index in [-0.39, 0.29) is 5.78 Å². The van der Waals surface area contributed by atoms with Crippen LogP contribution in [0.25, 0.3) is 0 Å². The molecule has 0 aromatic rings. The minimum absolute atomic E-state index is 0.174. The van der Waals surface area contributed by atoms with E-state index in [9.17, 15) is 4.79 Å². The van der Waals surface area contributed by atoms with Gasteiger partial charge in [-0.05, 0) is 13.0 Å². The van der Waals surface area contributed by atoms with E-state index in [1.54, 1.807) is 13.0 Å². The molecule has 0 aliphatic rings. The summed E-state index contributed by atoms with van der Waals surface area (Å²) in [7, 11) is 2.85. The van der Waals surface area contributed by atoms with E-state index in [0.717, 1.165) is 0 Å². The topological polar surface area (TPSA) is 35.5 Å². The molecule has 10 heavy (non-hydrogen) atoms. The fourth-order valence-electron chi connectivity index (χ4n) is 0.571. The molecule has 0 aromatic heterocycles. The third-order valence-electron chi connectivity index (χ3n) is 0.991. The zero-order valence-electron chi connectivity index (χ0n) is 6.46. The van der Waals surface area contributed by atoms with E-state index in [1.165, 1.54) is 20.3 Å². The zero-order valence-corrected chi connectivity index (χ0v) is 6.46. The van der Waals surface area contributed by atoms with Crippen LogP contribution in [0.2, 0.25) is 0 Å². The SMILES string of the molecule is C/C=C/C(=O)C(OC)OC. The molecule has 0 rings (SSSR count). The maximum atomic E-state index is 10.9. The average molecular weight is 144 g/mol. The predicted octanol–water partition coefficient (Wildman–Crippen LogP) is 0.750. The molecule has 0 amide bonds. The van der Waals surface area contributed by atoms with E-state index >= 15 is 0 Å². The Morgan fingerprint density at radius 1 is 1.40 bits per heavy atom. The molecule has 0 saturated carbocycles. The smallest absolute Gasteiger partial charge is 0.221 e. The molecule has 0 N–H and O–H groups in total. The fraction of sp³-hybridized carbons (Fsp3) is 0.571. The molecular weight excluding hydrogens is 132 g/mol. The normalized spacial score (nSPS) is 11.2. The molecule has 0 aliphatic heterocycles. The minimum atomic E-state index is -0.754. The minimum Gasteiger partial charge on any atom is -0.349 e. The summed E-state index contributed by atoms with van der Waals surface area (Å²) in [5, 5.41) is 0. The zero-order chi connectivity index (χ0) is 7.98. The molecule has 0 heterocycles. The lowest BCUT2D eigenvalue weighted by Crippen LogP contribution is -2.22. The number of carbonyl (C=O) groups is 1. The van der Waals surface area contributed by atoms with Crippen LogP contribution in [0.5, 0.6) is 0 Å². The lowest BCUT2D eigenvalue weighted by atomic mass is 10.3. The van der Waals surface area contributed by atoms with Crippen molar-refractivity contribution in [3.05, 3.63) is 12.2 Å². The van der Waals surface area contributed by atoms with Crippen molar-refractivity contribution in [1.29, 1.82) is 0 Å². The van der Waals surface area contributed by atoms with Crippen LogP contribution in [0.3, 0.4) is 0 Å². The molecule has 0 radical (unpaired) electrons. The maximum Gasteiger partial charge on any atom is 0.221 e. The second-order valence-corrected chi connectivity index (χ2v) is 1.71.